The molecule has 0 fully saturated rings. The van der Waals surface area contributed by atoms with E-state index in [4.69, 9.17) is 18.9 Å². The summed E-state index contributed by atoms with van der Waals surface area (Å²) in [6, 6.07) is 12.0. The van der Waals surface area contributed by atoms with Gasteiger partial charge in [-0.15, -0.1) is 0 Å². The third kappa shape index (κ3) is 5.88. The summed E-state index contributed by atoms with van der Waals surface area (Å²) in [5.74, 6) is 0.781. The van der Waals surface area contributed by atoms with E-state index in [0.29, 0.717) is 23.7 Å². The van der Waals surface area contributed by atoms with Crippen LogP contribution in [0.5, 0.6) is 17.2 Å². The van der Waals surface area contributed by atoms with Gasteiger partial charge in [-0.3, -0.25) is 4.79 Å². The van der Waals surface area contributed by atoms with Crippen molar-refractivity contribution in [2.24, 2.45) is 0 Å². The second-order valence-corrected chi connectivity index (χ2v) is 5.44. The SMILES string of the molecule is CCOc1ccc(/C=C/C(=O)OCC(=O)c2ccc(OC)c(OC)c2)cc1. The molecule has 0 N–H and O–H groups in total. The number of methoxy groups -OCH3 is 2. The maximum absolute atomic E-state index is 12.2. The first-order valence-electron chi connectivity index (χ1n) is 8.40. The monoisotopic (exact) mass is 370 g/mol. The Morgan fingerprint density at radius 1 is 0.963 bits per heavy atom. The van der Waals surface area contributed by atoms with Gasteiger partial charge in [-0.1, -0.05) is 12.1 Å². The Labute approximate surface area is 158 Å². The smallest absolute Gasteiger partial charge is 0.331 e. The number of carbonyl (C=O) groups is 2. The van der Waals surface area contributed by atoms with E-state index in [1.807, 2.05) is 31.2 Å². The highest BCUT2D eigenvalue weighted by molar-refractivity contribution is 5.99. The molecule has 0 aromatic heterocycles. The summed E-state index contributed by atoms with van der Waals surface area (Å²) in [6.45, 7) is 2.14. The molecule has 2 rings (SSSR count). The molecule has 2 aromatic carbocycles. The van der Waals surface area contributed by atoms with Crippen molar-refractivity contribution in [1.29, 1.82) is 0 Å². The van der Waals surface area contributed by atoms with Gasteiger partial charge in [0.2, 0.25) is 0 Å². The molecule has 0 saturated carbocycles. The lowest BCUT2D eigenvalue weighted by atomic mass is 10.1. The van der Waals surface area contributed by atoms with Crippen LogP contribution in [-0.4, -0.2) is 39.2 Å². The molecular weight excluding hydrogens is 348 g/mol. The van der Waals surface area contributed by atoms with E-state index in [9.17, 15) is 9.59 Å². The number of hydrogen-bond acceptors (Lipinski definition) is 6. The van der Waals surface area contributed by atoms with E-state index < -0.39 is 5.97 Å². The van der Waals surface area contributed by atoms with Crippen LogP contribution in [0.2, 0.25) is 0 Å². The number of ketones is 1. The third-order valence-electron chi connectivity index (χ3n) is 3.65. The summed E-state index contributed by atoms with van der Waals surface area (Å²) in [5.41, 5.74) is 1.19. The van der Waals surface area contributed by atoms with Crippen molar-refractivity contribution < 1.29 is 28.5 Å². The topological polar surface area (TPSA) is 71.1 Å². The number of Topliss-reactive ketones (excluding diaryl/α,β-unsaturated/α-hetero) is 1. The Morgan fingerprint density at radius 3 is 2.30 bits per heavy atom. The lowest BCUT2D eigenvalue weighted by Crippen LogP contribution is -2.12. The van der Waals surface area contributed by atoms with Crippen LogP contribution in [0.15, 0.2) is 48.5 Å². The highest BCUT2D eigenvalue weighted by atomic mass is 16.5. The Morgan fingerprint density at radius 2 is 1.67 bits per heavy atom. The molecule has 6 nitrogen and oxygen atoms in total. The normalized spacial score (nSPS) is 10.5. The summed E-state index contributed by atoms with van der Waals surface area (Å²) in [4.78, 5) is 24.0. The molecule has 0 heterocycles. The van der Waals surface area contributed by atoms with Crippen molar-refractivity contribution in [2.45, 2.75) is 6.92 Å². The lowest BCUT2D eigenvalue weighted by Gasteiger charge is -2.09. The molecule has 0 aliphatic heterocycles. The average molecular weight is 370 g/mol. The fourth-order valence-electron chi connectivity index (χ4n) is 2.28. The summed E-state index contributed by atoms with van der Waals surface area (Å²) < 4.78 is 20.6. The zero-order valence-electron chi connectivity index (χ0n) is 15.6. The van der Waals surface area contributed by atoms with Crippen molar-refractivity contribution in [1.82, 2.24) is 0 Å². The molecule has 0 saturated heterocycles. The van der Waals surface area contributed by atoms with Crippen LogP contribution in [-0.2, 0) is 9.53 Å². The molecule has 0 aliphatic carbocycles. The first-order chi connectivity index (χ1) is 13.1. The Hall–Kier alpha value is -3.28. The lowest BCUT2D eigenvalue weighted by molar-refractivity contribution is -0.136. The minimum absolute atomic E-state index is 0.334. The number of carbonyl (C=O) groups excluding carboxylic acids is 2. The van der Waals surface area contributed by atoms with Gasteiger partial charge in [0.05, 0.1) is 20.8 Å². The molecule has 6 heteroatoms. The van der Waals surface area contributed by atoms with Crippen molar-refractivity contribution in [3.63, 3.8) is 0 Å². The van der Waals surface area contributed by atoms with Gasteiger partial charge >= 0.3 is 5.97 Å². The molecule has 0 unspecified atom stereocenters. The van der Waals surface area contributed by atoms with Crippen LogP contribution in [0.4, 0.5) is 0 Å². The van der Waals surface area contributed by atoms with Crippen molar-refractivity contribution in [2.75, 3.05) is 27.4 Å². The van der Waals surface area contributed by atoms with Gasteiger partial charge in [0.1, 0.15) is 5.75 Å². The molecule has 2 aromatic rings. The van der Waals surface area contributed by atoms with Crippen molar-refractivity contribution >= 4 is 17.8 Å². The molecule has 0 amide bonds. The number of benzene rings is 2. The zero-order valence-corrected chi connectivity index (χ0v) is 15.6. The third-order valence-corrected chi connectivity index (χ3v) is 3.65. The van der Waals surface area contributed by atoms with Gasteiger partial charge in [-0.2, -0.15) is 0 Å². The van der Waals surface area contributed by atoms with Crippen molar-refractivity contribution in [3.8, 4) is 17.2 Å². The minimum atomic E-state index is -0.599. The Kier molecular flexibility index (Phi) is 7.43. The summed E-state index contributed by atoms with van der Waals surface area (Å²) in [5, 5.41) is 0. The maximum Gasteiger partial charge on any atom is 0.331 e. The van der Waals surface area contributed by atoms with Crippen molar-refractivity contribution in [3.05, 3.63) is 59.7 Å². The van der Waals surface area contributed by atoms with Gasteiger partial charge < -0.3 is 18.9 Å². The van der Waals surface area contributed by atoms with Crippen LogP contribution in [0.1, 0.15) is 22.8 Å². The molecule has 27 heavy (non-hydrogen) atoms. The van der Waals surface area contributed by atoms with E-state index in [2.05, 4.69) is 0 Å². The van der Waals surface area contributed by atoms with Gasteiger partial charge in [-0.05, 0) is 48.9 Å². The fraction of sp³-hybridized carbons (Fsp3) is 0.238. The van der Waals surface area contributed by atoms with Crippen LogP contribution < -0.4 is 14.2 Å². The molecule has 0 aliphatic rings. The van der Waals surface area contributed by atoms with E-state index in [0.717, 1.165) is 11.3 Å². The summed E-state index contributed by atoms with van der Waals surface area (Å²) >= 11 is 0. The second kappa shape index (κ2) is 10.0. The molecular formula is C21H22O6. The average Bonchev–Trinajstić information content (AvgIpc) is 2.71. The number of hydrogen-bond donors (Lipinski definition) is 0. The number of ether oxygens (including phenoxy) is 4. The molecule has 0 radical (unpaired) electrons. The van der Waals surface area contributed by atoms with E-state index in [1.54, 1.807) is 24.3 Å². The van der Waals surface area contributed by atoms with Crippen LogP contribution in [0.25, 0.3) is 6.08 Å². The molecule has 0 bridgehead atoms. The highest BCUT2D eigenvalue weighted by Gasteiger charge is 2.12. The zero-order chi connectivity index (χ0) is 19.6. The predicted octanol–water partition coefficient (Wildman–Crippen LogP) is 3.54. The maximum atomic E-state index is 12.2. The van der Waals surface area contributed by atoms with Gasteiger partial charge in [-0.25, -0.2) is 4.79 Å². The van der Waals surface area contributed by atoms with E-state index in [-0.39, 0.29) is 12.4 Å². The van der Waals surface area contributed by atoms with Crippen LogP contribution in [0.3, 0.4) is 0 Å². The molecule has 0 spiro atoms. The predicted molar refractivity (Wildman–Crippen MR) is 101 cm³/mol. The first kappa shape index (κ1) is 20.0. The quantitative estimate of drug-likeness (QED) is 0.382. The number of rotatable bonds is 9. The number of esters is 1. The fourth-order valence-corrected chi connectivity index (χ4v) is 2.28. The van der Waals surface area contributed by atoms with Gasteiger partial charge in [0.25, 0.3) is 0 Å². The molecule has 0 atom stereocenters. The standard InChI is InChI=1S/C21H22O6/c1-4-26-17-9-5-15(6-10-17)7-12-21(23)27-14-18(22)16-8-11-19(24-2)20(13-16)25-3/h5-13H,4,14H2,1-3H3/b12-7+. The Bertz CT molecular complexity index is 808. The van der Waals surface area contributed by atoms with Gasteiger partial charge in [0.15, 0.2) is 23.9 Å². The Balaban J connectivity index is 1.90. The molecule has 142 valence electrons. The summed E-state index contributed by atoms with van der Waals surface area (Å²) in [6.07, 6.45) is 2.89. The van der Waals surface area contributed by atoms with Crippen LogP contribution >= 0.6 is 0 Å². The second-order valence-electron chi connectivity index (χ2n) is 5.44. The van der Waals surface area contributed by atoms with Crippen LogP contribution in [0, 0.1) is 0 Å². The minimum Gasteiger partial charge on any atom is -0.494 e. The van der Waals surface area contributed by atoms with E-state index in [1.165, 1.54) is 20.3 Å². The largest absolute Gasteiger partial charge is 0.494 e. The first-order valence-corrected chi connectivity index (χ1v) is 8.40. The highest BCUT2D eigenvalue weighted by Crippen LogP contribution is 2.27. The van der Waals surface area contributed by atoms with E-state index >= 15 is 0 Å². The van der Waals surface area contributed by atoms with Gasteiger partial charge in [0, 0.05) is 11.6 Å². The summed E-state index contributed by atoms with van der Waals surface area (Å²) in [7, 11) is 3.00.